The van der Waals surface area contributed by atoms with Crippen molar-refractivity contribution in [1.82, 2.24) is 9.66 Å². The summed E-state index contributed by atoms with van der Waals surface area (Å²) in [7, 11) is 1.91. The second-order valence-electron chi connectivity index (χ2n) is 2.89. The molecule has 0 aromatic carbocycles. The van der Waals surface area contributed by atoms with Gasteiger partial charge in [0.25, 0.3) is 0 Å². The van der Waals surface area contributed by atoms with Gasteiger partial charge in [-0.25, -0.2) is 0 Å². The molecule has 0 saturated heterocycles. The standard InChI is InChI=1S/C7H13BrN2O/c1-9-6-4-2-3-5(6)7(11)10-8/h5-6,9H,2-4H2,1H3,(H,10,11). The van der Waals surface area contributed by atoms with Gasteiger partial charge in [0.05, 0.1) is 5.92 Å². The summed E-state index contributed by atoms with van der Waals surface area (Å²) in [6.45, 7) is 0. The molecule has 0 aromatic rings. The lowest BCUT2D eigenvalue weighted by atomic mass is 10.0. The molecular formula is C7H13BrN2O. The fourth-order valence-electron chi connectivity index (χ4n) is 1.69. The molecule has 0 spiro atoms. The third-order valence-corrected chi connectivity index (χ3v) is 2.71. The van der Waals surface area contributed by atoms with Gasteiger partial charge in [-0.3, -0.25) is 9.14 Å². The summed E-state index contributed by atoms with van der Waals surface area (Å²) < 4.78 is 2.50. The molecule has 2 N–H and O–H groups in total. The molecule has 3 nitrogen and oxygen atoms in total. The number of carbonyl (C=O) groups is 1. The molecule has 11 heavy (non-hydrogen) atoms. The van der Waals surface area contributed by atoms with Gasteiger partial charge in [-0.15, -0.1) is 0 Å². The average molecular weight is 221 g/mol. The first-order valence-corrected chi connectivity index (χ1v) is 4.66. The van der Waals surface area contributed by atoms with Crippen molar-refractivity contribution in [3.63, 3.8) is 0 Å². The van der Waals surface area contributed by atoms with Gasteiger partial charge >= 0.3 is 0 Å². The van der Waals surface area contributed by atoms with Crippen LogP contribution in [0.1, 0.15) is 19.3 Å². The number of amides is 1. The van der Waals surface area contributed by atoms with E-state index >= 15 is 0 Å². The first-order chi connectivity index (χ1) is 5.29. The van der Waals surface area contributed by atoms with Crippen LogP contribution in [0.5, 0.6) is 0 Å². The first kappa shape index (κ1) is 9.00. The molecule has 64 valence electrons. The molecule has 0 aromatic heterocycles. The predicted octanol–water partition coefficient (Wildman–Crippen LogP) is 0.801. The van der Waals surface area contributed by atoms with Crippen LogP contribution in [0.4, 0.5) is 0 Å². The normalized spacial score (nSPS) is 30.4. The van der Waals surface area contributed by atoms with Crippen LogP contribution >= 0.6 is 16.1 Å². The van der Waals surface area contributed by atoms with Crippen LogP contribution in [0, 0.1) is 5.92 Å². The second kappa shape index (κ2) is 4.07. The Morgan fingerprint density at radius 3 is 2.82 bits per heavy atom. The lowest BCUT2D eigenvalue weighted by Crippen LogP contribution is -2.37. The zero-order valence-electron chi connectivity index (χ0n) is 6.56. The Balaban J connectivity index is 2.49. The van der Waals surface area contributed by atoms with Crippen molar-refractivity contribution in [1.29, 1.82) is 0 Å². The number of carbonyl (C=O) groups excluding carboxylic acids is 1. The van der Waals surface area contributed by atoms with E-state index in [4.69, 9.17) is 0 Å². The molecule has 1 aliphatic carbocycles. The minimum atomic E-state index is 0.0989. The maximum Gasteiger partial charge on any atom is 0.234 e. The Morgan fingerprint density at radius 2 is 2.27 bits per heavy atom. The van der Waals surface area contributed by atoms with Gasteiger partial charge in [0.15, 0.2) is 0 Å². The molecular weight excluding hydrogens is 208 g/mol. The summed E-state index contributed by atoms with van der Waals surface area (Å²) in [5.74, 6) is 0.251. The highest BCUT2D eigenvalue weighted by Gasteiger charge is 2.31. The number of halogens is 1. The Morgan fingerprint density at radius 1 is 1.55 bits per heavy atom. The third-order valence-electron chi connectivity index (χ3n) is 2.32. The zero-order valence-corrected chi connectivity index (χ0v) is 8.15. The Bertz CT molecular complexity index is 151. The topological polar surface area (TPSA) is 41.1 Å². The number of nitrogens with one attached hydrogen (secondary N) is 2. The van der Waals surface area contributed by atoms with E-state index in [9.17, 15) is 4.79 Å². The molecule has 0 bridgehead atoms. The lowest BCUT2D eigenvalue weighted by Gasteiger charge is -2.15. The minimum Gasteiger partial charge on any atom is -0.316 e. The summed E-state index contributed by atoms with van der Waals surface area (Å²) in [5.41, 5.74) is 0. The fraction of sp³-hybridized carbons (Fsp3) is 0.857. The van der Waals surface area contributed by atoms with E-state index in [1.807, 2.05) is 7.05 Å². The Labute approximate surface area is 75.3 Å². The van der Waals surface area contributed by atoms with E-state index in [-0.39, 0.29) is 11.8 Å². The van der Waals surface area contributed by atoms with Crippen LogP contribution in [-0.4, -0.2) is 19.0 Å². The maximum atomic E-state index is 11.2. The summed E-state index contributed by atoms with van der Waals surface area (Å²) in [6.07, 6.45) is 3.26. The minimum absolute atomic E-state index is 0.0989. The van der Waals surface area contributed by atoms with E-state index < -0.39 is 0 Å². The van der Waals surface area contributed by atoms with Gasteiger partial charge in [-0.1, -0.05) is 6.42 Å². The molecule has 1 rings (SSSR count). The number of hydrogen-bond acceptors (Lipinski definition) is 2. The summed E-state index contributed by atoms with van der Waals surface area (Å²) in [4.78, 5) is 11.2. The summed E-state index contributed by atoms with van der Waals surface area (Å²) >= 11 is 2.95. The zero-order chi connectivity index (χ0) is 8.27. The van der Waals surface area contributed by atoms with E-state index in [1.165, 1.54) is 0 Å². The lowest BCUT2D eigenvalue weighted by molar-refractivity contribution is -0.123. The summed E-state index contributed by atoms with van der Waals surface area (Å²) in [6, 6.07) is 0.368. The molecule has 1 amide bonds. The highest BCUT2D eigenvalue weighted by molar-refractivity contribution is 9.08. The maximum absolute atomic E-state index is 11.2. The second-order valence-corrected chi connectivity index (χ2v) is 3.29. The largest absolute Gasteiger partial charge is 0.316 e. The quantitative estimate of drug-likeness (QED) is 0.677. The van der Waals surface area contributed by atoms with Gasteiger partial charge in [-0.2, -0.15) is 0 Å². The number of rotatable bonds is 2. The van der Waals surface area contributed by atoms with Crippen molar-refractivity contribution < 1.29 is 4.79 Å². The van der Waals surface area contributed by atoms with Crippen molar-refractivity contribution in [2.75, 3.05) is 7.05 Å². The first-order valence-electron chi connectivity index (χ1n) is 3.87. The predicted molar refractivity (Wildman–Crippen MR) is 47.3 cm³/mol. The van der Waals surface area contributed by atoms with Crippen LogP contribution in [0.15, 0.2) is 0 Å². The van der Waals surface area contributed by atoms with Crippen LogP contribution in [0.3, 0.4) is 0 Å². The Kier molecular flexibility index (Phi) is 3.33. The van der Waals surface area contributed by atoms with E-state index in [1.54, 1.807) is 0 Å². The molecule has 1 aliphatic rings. The van der Waals surface area contributed by atoms with Gasteiger partial charge in [0, 0.05) is 22.2 Å². The van der Waals surface area contributed by atoms with Crippen molar-refractivity contribution in [3.8, 4) is 0 Å². The smallest absolute Gasteiger partial charge is 0.234 e. The average Bonchev–Trinajstić information content (AvgIpc) is 2.50. The highest BCUT2D eigenvalue weighted by atomic mass is 79.9. The molecule has 1 saturated carbocycles. The van der Waals surface area contributed by atoms with Crippen molar-refractivity contribution in [2.24, 2.45) is 5.92 Å². The van der Waals surface area contributed by atoms with Crippen molar-refractivity contribution >= 4 is 22.1 Å². The fourth-order valence-corrected chi connectivity index (χ4v) is 1.98. The summed E-state index contributed by atoms with van der Waals surface area (Å²) in [5, 5.41) is 3.15. The molecule has 2 unspecified atom stereocenters. The van der Waals surface area contributed by atoms with E-state index in [0.717, 1.165) is 19.3 Å². The van der Waals surface area contributed by atoms with Gasteiger partial charge < -0.3 is 5.32 Å². The van der Waals surface area contributed by atoms with Crippen LogP contribution < -0.4 is 9.66 Å². The van der Waals surface area contributed by atoms with Crippen LogP contribution in [0.2, 0.25) is 0 Å². The van der Waals surface area contributed by atoms with Crippen molar-refractivity contribution in [2.45, 2.75) is 25.3 Å². The van der Waals surface area contributed by atoms with Gasteiger partial charge in [0.2, 0.25) is 5.91 Å². The van der Waals surface area contributed by atoms with Crippen LogP contribution in [-0.2, 0) is 4.79 Å². The van der Waals surface area contributed by atoms with Gasteiger partial charge in [0.1, 0.15) is 0 Å². The SMILES string of the molecule is CNC1CCCC1C(=O)NBr. The highest BCUT2D eigenvalue weighted by Crippen LogP contribution is 2.25. The molecule has 0 aliphatic heterocycles. The van der Waals surface area contributed by atoms with E-state index in [2.05, 4.69) is 25.8 Å². The van der Waals surface area contributed by atoms with Crippen molar-refractivity contribution in [3.05, 3.63) is 0 Å². The Hall–Kier alpha value is -0.0900. The van der Waals surface area contributed by atoms with Crippen LogP contribution in [0.25, 0.3) is 0 Å². The molecule has 1 fully saturated rings. The van der Waals surface area contributed by atoms with E-state index in [0.29, 0.717) is 6.04 Å². The molecule has 0 heterocycles. The number of hydrogen-bond donors (Lipinski definition) is 2. The monoisotopic (exact) mass is 220 g/mol. The molecule has 2 atom stereocenters. The molecule has 4 heteroatoms. The van der Waals surface area contributed by atoms with Gasteiger partial charge in [-0.05, 0) is 19.9 Å². The third kappa shape index (κ3) is 1.93. The molecule has 0 radical (unpaired) electrons.